The number of carbonyl (C=O) groups excluding carboxylic acids is 1. The third kappa shape index (κ3) is 5.14. The predicted molar refractivity (Wildman–Crippen MR) is 101 cm³/mol. The zero-order chi connectivity index (χ0) is 18.4. The Morgan fingerprint density at radius 1 is 1.24 bits per heavy atom. The topological polar surface area (TPSA) is 78.2 Å². The lowest BCUT2D eigenvalue weighted by atomic mass is 10.0. The molecule has 0 aliphatic heterocycles. The fourth-order valence-corrected chi connectivity index (χ4v) is 2.65. The van der Waals surface area contributed by atoms with Crippen molar-refractivity contribution in [1.82, 2.24) is 20.0 Å². The molecule has 0 spiro atoms. The van der Waals surface area contributed by atoms with Gasteiger partial charge in [0.05, 0.1) is 18.3 Å². The molecule has 3 N–H and O–H groups in total. The Hall–Kier alpha value is -2.18. The van der Waals surface area contributed by atoms with Crippen molar-refractivity contribution in [3.63, 3.8) is 0 Å². The minimum Gasteiger partial charge on any atom is -0.343 e. The Kier molecular flexibility index (Phi) is 6.73. The van der Waals surface area contributed by atoms with Crippen molar-refractivity contribution in [1.29, 1.82) is 0 Å². The van der Waals surface area contributed by atoms with Crippen LogP contribution in [0.1, 0.15) is 25.0 Å². The number of likely N-dealkylation sites (N-methyl/N-ethyl adjacent to an activating group) is 2. The first-order valence-corrected chi connectivity index (χ1v) is 8.68. The van der Waals surface area contributed by atoms with Crippen LogP contribution in [0.25, 0.3) is 11.3 Å². The molecular weight excluding hydrogens is 314 g/mol. The summed E-state index contributed by atoms with van der Waals surface area (Å²) in [6, 6.07) is 8.31. The van der Waals surface area contributed by atoms with Crippen LogP contribution in [0.3, 0.4) is 0 Å². The fraction of sp³-hybridized carbons (Fsp3) is 0.474. The highest BCUT2D eigenvalue weighted by atomic mass is 16.2. The summed E-state index contributed by atoms with van der Waals surface area (Å²) >= 11 is 0. The largest absolute Gasteiger partial charge is 0.343 e. The molecule has 0 radical (unpaired) electrons. The van der Waals surface area contributed by atoms with E-state index in [1.54, 1.807) is 4.90 Å². The van der Waals surface area contributed by atoms with Crippen LogP contribution in [-0.4, -0.2) is 59.1 Å². The van der Waals surface area contributed by atoms with E-state index in [-0.39, 0.29) is 11.9 Å². The Labute approximate surface area is 150 Å². The van der Waals surface area contributed by atoms with Crippen molar-refractivity contribution in [2.24, 2.45) is 5.73 Å². The monoisotopic (exact) mass is 343 g/mol. The maximum atomic E-state index is 12.2. The van der Waals surface area contributed by atoms with E-state index in [0.717, 1.165) is 35.5 Å². The van der Waals surface area contributed by atoms with E-state index in [9.17, 15) is 4.79 Å². The van der Waals surface area contributed by atoms with Gasteiger partial charge in [-0.15, -0.1) is 0 Å². The number of rotatable bonds is 8. The van der Waals surface area contributed by atoms with Crippen molar-refractivity contribution < 1.29 is 4.79 Å². The third-order valence-corrected chi connectivity index (χ3v) is 4.43. The van der Waals surface area contributed by atoms with Gasteiger partial charge in [-0.1, -0.05) is 24.3 Å². The average Bonchev–Trinajstić information content (AvgIpc) is 3.02. The summed E-state index contributed by atoms with van der Waals surface area (Å²) < 4.78 is 0. The normalized spacial score (nSPS) is 11.3. The van der Waals surface area contributed by atoms with Crippen LogP contribution in [-0.2, 0) is 17.8 Å². The number of carbonyl (C=O) groups is 1. The van der Waals surface area contributed by atoms with Gasteiger partial charge in [0.25, 0.3) is 0 Å². The maximum absolute atomic E-state index is 12.2. The van der Waals surface area contributed by atoms with E-state index in [2.05, 4.69) is 15.1 Å². The van der Waals surface area contributed by atoms with Gasteiger partial charge >= 0.3 is 0 Å². The average molecular weight is 343 g/mol. The Morgan fingerprint density at radius 3 is 2.52 bits per heavy atom. The van der Waals surface area contributed by atoms with Gasteiger partial charge in [0.2, 0.25) is 5.91 Å². The molecule has 0 unspecified atom stereocenters. The predicted octanol–water partition coefficient (Wildman–Crippen LogP) is 1.88. The zero-order valence-corrected chi connectivity index (χ0v) is 15.6. The van der Waals surface area contributed by atoms with Gasteiger partial charge < -0.3 is 15.5 Å². The molecule has 2 aromatic rings. The lowest BCUT2D eigenvalue weighted by molar-refractivity contribution is -0.130. The van der Waals surface area contributed by atoms with Crippen LogP contribution in [0.5, 0.6) is 0 Å². The molecule has 0 fully saturated rings. The summed E-state index contributed by atoms with van der Waals surface area (Å²) in [7, 11) is 3.89. The highest BCUT2D eigenvalue weighted by Gasteiger charge is 2.13. The molecule has 0 saturated heterocycles. The van der Waals surface area contributed by atoms with Gasteiger partial charge in [-0.3, -0.25) is 9.89 Å². The number of nitrogens with two attached hydrogens (primary N) is 1. The van der Waals surface area contributed by atoms with Crippen molar-refractivity contribution >= 4 is 5.91 Å². The van der Waals surface area contributed by atoms with Crippen LogP contribution < -0.4 is 5.73 Å². The summed E-state index contributed by atoms with van der Waals surface area (Å²) in [6.45, 7) is 6.31. The van der Waals surface area contributed by atoms with Gasteiger partial charge in [-0.25, -0.2) is 0 Å². The van der Waals surface area contributed by atoms with E-state index in [1.807, 2.05) is 58.4 Å². The number of benzene rings is 1. The number of hydrogen-bond acceptors (Lipinski definition) is 4. The van der Waals surface area contributed by atoms with Gasteiger partial charge in [0, 0.05) is 38.3 Å². The molecule has 1 heterocycles. The lowest BCUT2D eigenvalue weighted by Gasteiger charge is -2.21. The minimum absolute atomic E-state index is 0.133. The second kappa shape index (κ2) is 8.78. The molecule has 0 aliphatic carbocycles. The van der Waals surface area contributed by atoms with Crippen LogP contribution in [0, 0.1) is 0 Å². The molecule has 6 nitrogen and oxygen atoms in total. The van der Waals surface area contributed by atoms with Gasteiger partial charge in [0.15, 0.2) is 0 Å². The molecule has 0 atom stereocenters. The molecule has 25 heavy (non-hydrogen) atoms. The lowest BCUT2D eigenvalue weighted by Crippen LogP contribution is -2.34. The highest BCUT2D eigenvalue weighted by Crippen LogP contribution is 2.22. The van der Waals surface area contributed by atoms with E-state index in [4.69, 9.17) is 5.73 Å². The number of hydrogen-bond donors (Lipinski definition) is 2. The van der Waals surface area contributed by atoms with Gasteiger partial charge in [0.1, 0.15) is 0 Å². The van der Waals surface area contributed by atoms with Gasteiger partial charge in [-0.2, -0.15) is 5.10 Å². The number of nitrogens with zero attached hydrogens (tertiary/aromatic N) is 3. The van der Waals surface area contributed by atoms with Crippen molar-refractivity contribution in [3.05, 3.63) is 41.6 Å². The summed E-state index contributed by atoms with van der Waals surface area (Å²) in [4.78, 5) is 16.1. The molecule has 1 amide bonds. The number of amides is 1. The van der Waals surface area contributed by atoms with Crippen molar-refractivity contribution in [2.45, 2.75) is 32.9 Å². The molecule has 1 aromatic heterocycles. The van der Waals surface area contributed by atoms with Crippen LogP contribution in [0.2, 0.25) is 0 Å². The summed E-state index contributed by atoms with van der Waals surface area (Å²) in [5.74, 6) is 0.133. The zero-order valence-electron chi connectivity index (χ0n) is 15.6. The van der Waals surface area contributed by atoms with Crippen molar-refractivity contribution in [2.75, 3.05) is 27.2 Å². The number of nitrogens with one attached hydrogen (secondary N) is 1. The maximum Gasteiger partial charge on any atom is 0.226 e. The quantitative estimate of drug-likeness (QED) is 0.767. The second-order valence-corrected chi connectivity index (χ2v) is 6.77. The standard InChI is InChI=1S/C19H29N5O/c1-14(2)24(4)18(25)11-15-5-7-16(8-6-15)19-17(12-21-22-19)13-23(3)10-9-20/h5-8,12,14H,9-11,13,20H2,1-4H3,(H,21,22). The number of aromatic amines is 1. The second-order valence-electron chi connectivity index (χ2n) is 6.77. The fourth-order valence-electron chi connectivity index (χ4n) is 2.65. The summed E-state index contributed by atoms with van der Waals surface area (Å²) in [5, 5.41) is 7.26. The smallest absolute Gasteiger partial charge is 0.226 e. The van der Waals surface area contributed by atoms with Crippen LogP contribution >= 0.6 is 0 Å². The third-order valence-electron chi connectivity index (χ3n) is 4.43. The van der Waals surface area contributed by atoms with Crippen LogP contribution in [0.15, 0.2) is 30.5 Å². The van der Waals surface area contributed by atoms with E-state index in [0.29, 0.717) is 13.0 Å². The van der Waals surface area contributed by atoms with Crippen molar-refractivity contribution in [3.8, 4) is 11.3 Å². The number of aromatic nitrogens is 2. The van der Waals surface area contributed by atoms with E-state index >= 15 is 0 Å². The molecule has 0 bridgehead atoms. The van der Waals surface area contributed by atoms with E-state index in [1.165, 1.54) is 0 Å². The van der Waals surface area contributed by atoms with E-state index < -0.39 is 0 Å². The Balaban J connectivity index is 2.08. The van der Waals surface area contributed by atoms with Gasteiger partial charge in [-0.05, 0) is 32.0 Å². The number of H-pyrrole nitrogens is 1. The Morgan fingerprint density at radius 2 is 1.92 bits per heavy atom. The highest BCUT2D eigenvalue weighted by molar-refractivity contribution is 5.79. The first-order valence-electron chi connectivity index (χ1n) is 8.68. The molecule has 6 heteroatoms. The molecular formula is C19H29N5O. The first-order chi connectivity index (χ1) is 11.9. The first kappa shape index (κ1) is 19.1. The summed E-state index contributed by atoms with van der Waals surface area (Å²) in [5.41, 5.74) is 9.85. The van der Waals surface area contributed by atoms with Crippen LogP contribution in [0.4, 0.5) is 0 Å². The minimum atomic E-state index is 0.133. The SMILES string of the molecule is CC(C)N(C)C(=O)Cc1ccc(-c2[nH]ncc2CN(C)CCN)cc1. The molecule has 0 saturated carbocycles. The molecule has 0 aliphatic rings. The summed E-state index contributed by atoms with van der Waals surface area (Å²) in [6.07, 6.45) is 2.28. The molecule has 136 valence electrons. The molecule has 1 aromatic carbocycles. The molecule has 2 rings (SSSR count). The Bertz CT molecular complexity index is 677.